The molecule has 0 saturated carbocycles. The highest BCUT2D eigenvalue weighted by atomic mass is 16.4. The Hall–Kier alpha value is -3.94. The van der Waals surface area contributed by atoms with E-state index < -0.39 is 23.2 Å². The predicted molar refractivity (Wildman–Crippen MR) is 102 cm³/mol. The summed E-state index contributed by atoms with van der Waals surface area (Å²) in [7, 11) is 0. The van der Waals surface area contributed by atoms with Crippen LogP contribution in [0.3, 0.4) is 0 Å². The maximum Gasteiger partial charge on any atom is 0.335 e. The van der Waals surface area contributed by atoms with Gasteiger partial charge in [0, 0.05) is 11.8 Å². The molecule has 3 rings (SSSR count). The molecule has 0 radical (unpaired) electrons. The van der Waals surface area contributed by atoms with E-state index >= 15 is 0 Å². The van der Waals surface area contributed by atoms with Crippen molar-refractivity contribution in [2.24, 2.45) is 0 Å². The minimum atomic E-state index is -1.13. The Kier molecular flexibility index (Phi) is 4.95. The quantitative estimate of drug-likeness (QED) is 0.640. The summed E-state index contributed by atoms with van der Waals surface area (Å²) in [5.41, 5.74) is 1.28. The molecule has 0 spiro atoms. The fourth-order valence-electron chi connectivity index (χ4n) is 2.62. The second-order valence-electron chi connectivity index (χ2n) is 6.26. The fraction of sp³-hybridized carbons (Fsp3) is 0.100. The molecule has 28 heavy (non-hydrogen) atoms. The van der Waals surface area contributed by atoms with Crippen LogP contribution >= 0.6 is 0 Å². The van der Waals surface area contributed by atoms with E-state index in [1.807, 2.05) is 13.0 Å². The number of rotatable bonds is 4. The van der Waals surface area contributed by atoms with Crippen LogP contribution in [0.2, 0.25) is 0 Å². The van der Waals surface area contributed by atoms with Gasteiger partial charge >= 0.3 is 5.97 Å². The maximum absolute atomic E-state index is 12.6. The molecule has 0 fully saturated rings. The van der Waals surface area contributed by atoms with Gasteiger partial charge in [0.15, 0.2) is 11.4 Å². The topological polar surface area (TPSA) is 122 Å². The minimum absolute atomic E-state index is 0.00260. The summed E-state index contributed by atoms with van der Waals surface area (Å²) in [6.45, 7) is 3.54. The number of hydrogen-bond acceptors (Lipinski definition) is 5. The first kappa shape index (κ1) is 18.8. The third-order valence-corrected chi connectivity index (χ3v) is 4.11. The smallest absolute Gasteiger partial charge is 0.335 e. The van der Waals surface area contributed by atoms with Crippen LogP contribution in [0.5, 0.6) is 5.75 Å². The van der Waals surface area contributed by atoms with Gasteiger partial charge in [-0.15, -0.1) is 0 Å². The summed E-state index contributed by atoms with van der Waals surface area (Å²) < 4.78 is 1.02. The molecule has 0 unspecified atom stereocenters. The summed E-state index contributed by atoms with van der Waals surface area (Å²) in [6.07, 6.45) is 0. The van der Waals surface area contributed by atoms with E-state index in [4.69, 9.17) is 5.11 Å². The van der Waals surface area contributed by atoms with Crippen molar-refractivity contribution in [2.75, 3.05) is 5.32 Å². The highest BCUT2D eigenvalue weighted by Crippen LogP contribution is 2.20. The van der Waals surface area contributed by atoms with Crippen molar-refractivity contribution in [1.29, 1.82) is 0 Å². The number of aromatic nitrogens is 2. The molecule has 0 aliphatic heterocycles. The molecule has 1 heterocycles. The number of amides is 1. The van der Waals surface area contributed by atoms with Gasteiger partial charge in [-0.3, -0.25) is 9.59 Å². The van der Waals surface area contributed by atoms with Crippen LogP contribution in [0, 0.1) is 13.8 Å². The molecule has 8 heteroatoms. The van der Waals surface area contributed by atoms with E-state index in [0.717, 1.165) is 16.3 Å². The molecule has 1 amide bonds. The van der Waals surface area contributed by atoms with Gasteiger partial charge in [-0.05, 0) is 49.2 Å². The number of carbonyl (C=O) groups is 2. The van der Waals surface area contributed by atoms with E-state index in [-0.39, 0.29) is 16.9 Å². The fourth-order valence-corrected chi connectivity index (χ4v) is 2.62. The molecule has 0 aliphatic carbocycles. The number of aromatic hydroxyl groups is 1. The summed E-state index contributed by atoms with van der Waals surface area (Å²) in [4.78, 5) is 36.0. The van der Waals surface area contributed by atoms with E-state index in [0.29, 0.717) is 11.3 Å². The van der Waals surface area contributed by atoms with Gasteiger partial charge in [-0.25, -0.2) is 4.79 Å². The number of carboxylic acid groups (broad SMARTS) is 1. The number of nitrogens with zero attached hydrogens (tertiary/aromatic N) is 2. The first-order chi connectivity index (χ1) is 13.3. The molecular weight excluding hydrogens is 362 g/mol. The van der Waals surface area contributed by atoms with Crippen molar-refractivity contribution < 1.29 is 19.8 Å². The second kappa shape index (κ2) is 7.36. The van der Waals surface area contributed by atoms with Crippen LogP contribution < -0.4 is 10.9 Å². The molecule has 1 aromatic heterocycles. The van der Waals surface area contributed by atoms with Crippen molar-refractivity contribution in [1.82, 2.24) is 9.78 Å². The number of hydrogen-bond donors (Lipinski definition) is 3. The van der Waals surface area contributed by atoms with Crippen LogP contribution in [-0.4, -0.2) is 31.9 Å². The zero-order valence-corrected chi connectivity index (χ0v) is 15.1. The zero-order valence-electron chi connectivity index (χ0n) is 15.1. The largest absolute Gasteiger partial charge is 0.505 e. The third kappa shape index (κ3) is 3.75. The van der Waals surface area contributed by atoms with Crippen LogP contribution in [0.4, 0.5) is 5.69 Å². The Labute approximate surface area is 159 Å². The maximum atomic E-state index is 12.6. The minimum Gasteiger partial charge on any atom is -0.505 e. The lowest BCUT2D eigenvalue weighted by Crippen LogP contribution is -2.25. The summed E-state index contributed by atoms with van der Waals surface area (Å²) in [5, 5.41) is 25.7. The Balaban J connectivity index is 2.01. The highest BCUT2D eigenvalue weighted by molar-refractivity contribution is 6.05. The Morgan fingerprint density at radius 1 is 1.07 bits per heavy atom. The number of carbonyl (C=O) groups excluding carboxylic acids is 1. The molecular formula is C20H17N3O5. The molecule has 0 saturated heterocycles. The van der Waals surface area contributed by atoms with E-state index in [9.17, 15) is 19.5 Å². The number of nitrogens with one attached hydrogen (secondary N) is 1. The van der Waals surface area contributed by atoms with Crippen molar-refractivity contribution >= 4 is 17.6 Å². The normalized spacial score (nSPS) is 10.5. The van der Waals surface area contributed by atoms with Gasteiger partial charge in [-0.2, -0.15) is 9.78 Å². The first-order valence-electron chi connectivity index (χ1n) is 8.32. The monoisotopic (exact) mass is 379 g/mol. The number of benzene rings is 2. The molecule has 3 aromatic rings. The standard InChI is InChI=1S/C20H17N3O5/c1-11-4-3-5-14(8-11)23-17(25)10-16(24)18(22-23)19(26)21-15-9-13(20(27)28)7-6-12(15)2/h3-10,24H,1-2H3,(H,21,26)(H,27,28). The SMILES string of the molecule is Cc1cccc(-n2nc(C(=O)Nc3cc(C(=O)O)ccc3C)c(O)cc2=O)c1. The van der Waals surface area contributed by atoms with Gasteiger partial charge < -0.3 is 15.5 Å². The molecule has 0 bridgehead atoms. The number of aryl methyl sites for hydroxylation is 2. The van der Waals surface area contributed by atoms with Gasteiger partial charge in [0.25, 0.3) is 11.5 Å². The molecule has 0 atom stereocenters. The predicted octanol–water partition coefficient (Wildman–Crippen LogP) is 2.51. The number of carboxylic acids is 1. The van der Waals surface area contributed by atoms with Crippen molar-refractivity contribution in [2.45, 2.75) is 13.8 Å². The molecule has 142 valence electrons. The highest BCUT2D eigenvalue weighted by Gasteiger charge is 2.18. The van der Waals surface area contributed by atoms with E-state index in [2.05, 4.69) is 10.4 Å². The number of anilines is 1. The van der Waals surface area contributed by atoms with Crippen LogP contribution in [0.1, 0.15) is 32.0 Å². The molecule has 0 aliphatic rings. The second-order valence-corrected chi connectivity index (χ2v) is 6.26. The Morgan fingerprint density at radius 3 is 2.50 bits per heavy atom. The molecule has 8 nitrogen and oxygen atoms in total. The van der Waals surface area contributed by atoms with Gasteiger partial charge in [-0.1, -0.05) is 18.2 Å². The van der Waals surface area contributed by atoms with E-state index in [1.165, 1.54) is 12.1 Å². The van der Waals surface area contributed by atoms with Crippen LogP contribution in [0.25, 0.3) is 5.69 Å². The van der Waals surface area contributed by atoms with Crippen LogP contribution in [-0.2, 0) is 0 Å². The summed E-state index contributed by atoms with van der Waals surface area (Å²) in [5.74, 6) is -2.48. The molecule has 3 N–H and O–H groups in total. The Morgan fingerprint density at radius 2 is 1.82 bits per heavy atom. The van der Waals surface area contributed by atoms with Crippen molar-refractivity contribution in [3.05, 3.63) is 81.3 Å². The van der Waals surface area contributed by atoms with Gasteiger partial charge in [0.1, 0.15) is 0 Å². The van der Waals surface area contributed by atoms with Crippen molar-refractivity contribution in [3.63, 3.8) is 0 Å². The lowest BCUT2D eigenvalue weighted by molar-refractivity contribution is 0.0696. The Bertz CT molecular complexity index is 1150. The lowest BCUT2D eigenvalue weighted by atomic mass is 10.1. The van der Waals surface area contributed by atoms with E-state index in [1.54, 1.807) is 31.2 Å². The molecule has 2 aromatic carbocycles. The third-order valence-electron chi connectivity index (χ3n) is 4.11. The van der Waals surface area contributed by atoms with Crippen molar-refractivity contribution in [3.8, 4) is 11.4 Å². The average Bonchev–Trinajstić information content (AvgIpc) is 2.63. The van der Waals surface area contributed by atoms with Crippen LogP contribution in [0.15, 0.2) is 53.3 Å². The summed E-state index contributed by atoms with van der Waals surface area (Å²) in [6, 6.07) is 12.1. The first-order valence-corrected chi connectivity index (χ1v) is 8.32. The number of aromatic carboxylic acids is 1. The average molecular weight is 379 g/mol. The summed E-state index contributed by atoms with van der Waals surface area (Å²) >= 11 is 0. The lowest BCUT2D eigenvalue weighted by Gasteiger charge is -2.11. The van der Waals surface area contributed by atoms with Gasteiger partial charge in [0.2, 0.25) is 0 Å². The zero-order chi connectivity index (χ0) is 20.4. The van der Waals surface area contributed by atoms with Gasteiger partial charge in [0.05, 0.1) is 11.3 Å².